The van der Waals surface area contributed by atoms with Gasteiger partial charge in [0.2, 0.25) is 5.91 Å². The number of hydrogen-bond acceptors (Lipinski definition) is 5. The first-order chi connectivity index (χ1) is 15.1. The molecule has 3 aromatic rings. The lowest BCUT2D eigenvalue weighted by atomic mass is 9.98. The van der Waals surface area contributed by atoms with E-state index in [-0.39, 0.29) is 24.9 Å². The van der Waals surface area contributed by atoms with Crippen LogP contribution in [0.3, 0.4) is 0 Å². The van der Waals surface area contributed by atoms with Crippen molar-refractivity contribution in [2.24, 2.45) is 5.73 Å². The monoisotopic (exact) mass is 452 g/mol. The topological polar surface area (TPSA) is 81.9 Å². The molecule has 1 aliphatic heterocycles. The minimum Gasteiger partial charge on any atom is -0.489 e. The summed E-state index contributed by atoms with van der Waals surface area (Å²) in [5.41, 5.74) is 8.35. The lowest BCUT2D eigenvalue weighted by molar-refractivity contribution is -0.163. The van der Waals surface area contributed by atoms with Crippen molar-refractivity contribution < 1.29 is 19.1 Å². The van der Waals surface area contributed by atoms with Gasteiger partial charge in [0.1, 0.15) is 25.0 Å². The molecule has 0 spiro atoms. The molecule has 0 radical (unpaired) electrons. The van der Waals surface area contributed by atoms with Gasteiger partial charge in [-0.1, -0.05) is 72.8 Å². The Morgan fingerprint density at radius 3 is 2.00 bits per heavy atom. The molecule has 0 saturated carbocycles. The smallest absolute Gasteiger partial charge is 0.333 e. The molecular weight excluding hydrogens is 428 g/mol. The molecule has 1 aliphatic rings. The van der Waals surface area contributed by atoms with Gasteiger partial charge in [-0.05, 0) is 28.8 Å². The van der Waals surface area contributed by atoms with E-state index < -0.39 is 18.1 Å². The zero-order valence-corrected chi connectivity index (χ0v) is 18.2. The third-order valence-electron chi connectivity index (χ3n) is 5.20. The second-order valence-electron chi connectivity index (χ2n) is 7.44. The highest BCUT2D eigenvalue weighted by Crippen LogP contribution is 2.29. The van der Waals surface area contributed by atoms with Crippen molar-refractivity contribution in [2.45, 2.75) is 25.3 Å². The number of amides is 1. The van der Waals surface area contributed by atoms with E-state index in [0.29, 0.717) is 24.5 Å². The first-order valence-electron chi connectivity index (χ1n) is 10.1. The first kappa shape index (κ1) is 23.3. The summed E-state index contributed by atoms with van der Waals surface area (Å²) in [4.78, 5) is 26.6. The minimum atomic E-state index is -0.834. The van der Waals surface area contributed by atoms with E-state index in [1.165, 1.54) is 4.90 Å². The highest BCUT2D eigenvalue weighted by molar-refractivity contribution is 5.92. The summed E-state index contributed by atoms with van der Waals surface area (Å²) in [6, 6.07) is 25.0. The first-order valence-corrected chi connectivity index (χ1v) is 10.1. The number of rotatable bonds is 8. The number of esters is 1. The largest absolute Gasteiger partial charge is 0.489 e. The highest BCUT2D eigenvalue weighted by Gasteiger charge is 2.43. The number of carbonyl (C=O) groups is 2. The molecule has 0 aliphatic carbocycles. The number of nitrogens with zero attached hydrogens (tertiary/aromatic N) is 1. The molecule has 2 N–H and O–H groups in total. The molecule has 4 rings (SSSR count). The van der Waals surface area contributed by atoms with Gasteiger partial charge in [0.25, 0.3) is 0 Å². The molecule has 0 bridgehead atoms. The van der Waals surface area contributed by atoms with Gasteiger partial charge in [-0.2, -0.15) is 0 Å². The van der Waals surface area contributed by atoms with Crippen molar-refractivity contribution in [3.8, 4) is 5.75 Å². The number of benzene rings is 3. The Kier molecular flexibility index (Phi) is 7.87. The van der Waals surface area contributed by atoms with Crippen LogP contribution in [0.2, 0.25) is 0 Å². The van der Waals surface area contributed by atoms with Gasteiger partial charge in [0.05, 0.1) is 0 Å². The lowest BCUT2D eigenvalue weighted by Gasteiger charge is -2.40. The molecule has 1 saturated heterocycles. The maximum absolute atomic E-state index is 12.9. The number of carbonyl (C=O) groups excluding carboxylic acids is 2. The van der Waals surface area contributed by atoms with Gasteiger partial charge in [-0.25, -0.2) is 4.79 Å². The lowest BCUT2D eigenvalue weighted by Crippen LogP contribution is -2.62. The van der Waals surface area contributed by atoms with Gasteiger partial charge < -0.3 is 20.1 Å². The predicted molar refractivity (Wildman–Crippen MR) is 123 cm³/mol. The Morgan fingerprint density at radius 2 is 1.47 bits per heavy atom. The Labute approximate surface area is 193 Å². The summed E-state index contributed by atoms with van der Waals surface area (Å²) < 4.78 is 11.3. The van der Waals surface area contributed by atoms with Crippen molar-refractivity contribution in [1.82, 2.24) is 4.90 Å². The second-order valence-corrected chi connectivity index (χ2v) is 7.44. The summed E-state index contributed by atoms with van der Waals surface area (Å²) in [5, 5.41) is 0. The molecule has 6 nitrogen and oxygen atoms in total. The van der Waals surface area contributed by atoms with Crippen LogP contribution < -0.4 is 10.5 Å². The van der Waals surface area contributed by atoms with Crippen LogP contribution in [0, 0.1) is 0 Å². The van der Waals surface area contributed by atoms with E-state index >= 15 is 0 Å². The zero-order valence-electron chi connectivity index (χ0n) is 17.4. The fraction of sp³-hybridized carbons (Fsp3) is 0.200. The van der Waals surface area contributed by atoms with E-state index in [1.807, 2.05) is 60.7 Å². The van der Waals surface area contributed by atoms with Crippen LogP contribution in [0.4, 0.5) is 0 Å². The fourth-order valence-electron chi connectivity index (χ4n) is 3.45. The standard InChI is InChI=1S/C25H24N2O4.ClH/c26-22-15-27(24(22)28)23(25(29)31-17-19-9-5-2-6-10-19)20-11-13-21(14-12-20)30-16-18-7-3-1-4-8-18;/h1-14,22-23H,15-17,26H2;1H. The number of halogens is 1. The average molecular weight is 453 g/mol. The minimum absolute atomic E-state index is 0. The average Bonchev–Trinajstić information content (AvgIpc) is 2.83. The van der Waals surface area contributed by atoms with Crippen LogP contribution in [0.25, 0.3) is 0 Å². The molecule has 0 aromatic heterocycles. The summed E-state index contributed by atoms with van der Waals surface area (Å²) in [6.45, 7) is 0.904. The van der Waals surface area contributed by atoms with Gasteiger partial charge in [-0.3, -0.25) is 4.79 Å². The van der Waals surface area contributed by atoms with Gasteiger partial charge in [0, 0.05) is 6.54 Å². The SMILES string of the molecule is Cl.NC1CN(C(C(=O)OCc2ccccc2)c2ccc(OCc3ccccc3)cc2)C1=O. The van der Waals surface area contributed by atoms with E-state index in [0.717, 1.165) is 11.1 Å². The molecule has 1 amide bonds. The van der Waals surface area contributed by atoms with Crippen LogP contribution in [-0.4, -0.2) is 29.4 Å². The van der Waals surface area contributed by atoms with Gasteiger partial charge >= 0.3 is 5.97 Å². The Balaban J connectivity index is 0.00000289. The molecule has 32 heavy (non-hydrogen) atoms. The molecule has 3 aromatic carbocycles. The number of likely N-dealkylation sites (tertiary alicyclic amines) is 1. The third kappa shape index (κ3) is 5.46. The molecular formula is C25H25ClN2O4. The summed E-state index contributed by atoms with van der Waals surface area (Å²) in [7, 11) is 0. The van der Waals surface area contributed by atoms with Gasteiger partial charge in [-0.15, -0.1) is 12.4 Å². The molecule has 7 heteroatoms. The third-order valence-corrected chi connectivity index (χ3v) is 5.20. The van der Waals surface area contributed by atoms with Crippen molar-refractivity contribution >= 4 is 24.3 Å². The summed E-state index contributed by atoms with van der Waals surface area (Å²) >= 11 is 0. The van der Waals surface area contributed by atoms with Crippen molar-refractivity contribution in [3.63, 3.8) is 0 Å². The van der Waals surface area contributed by atoms with E-state index in [9.17, 15) is 9.59 Å². The van der Waals surface area contributed by atoms with Crippen LogP contribution in [0.1, 0.15) is 22.7 Å². The quantitative estimate of drug-likeness (QED) is 0.417. The van der Waals surface area contributed by atoms with Crippen LogP contribution in [0.15, 0.2) is 84.9 Å². The molecule has 2 unspecified atom stereocenters. The van der Waals surface area contributed by atoms with E-state index in [2.05, 4.69) is 0 Å². The number of nitrogens with two attached hydrogens (primary N) is 1. The van der Waals surface area contributed by atoms with E-state index in [1.54, 1.807) is 24.3 Å². The highest BCUT2D eigenvalue weighted by atomic mass is 35.5. The van der Waals surface area contributed by atoms with Crippen molar-refractivity contribution in [1.29, 1.82) is 0 Å². The van der Waals surface area contributed by atoms with Gasteiger partial charge in [0.15, 0.2) is 6.04 Å². The van der Waals surface area contributed by atoms with Crippen molar-refractivity contribution in [2.75, 3.05) is 6.54 Å². The Hall–Kier alpha value is -3.35. The number of ether oxygens (including phenoxy) is 2. The molecule has 1 heterocycles. The summed E-state index contributed by atoms with van der Waals surface area (Å²) in [6.07, 6.45) is 0. The predicted octanol–water partition coefficient (Wildman–Crippen LogP) is 3.64. The maximum atomic E-state index is 12.9. The Morgan fingerprint density at radius 1 is 0.906 bits per heavy atom. The summed E-state index contributed by atoms with van der Waals surface area (Å²) in [5.74, 6) is -0.0660. The molecule has 2 atom stereocenters. The van der Waals surface area contributed by atoms with Crippen LogP contribution in [-0.2, 0) is 27.5 Å². The fourth-order valence-corrected chi connectivity index (χ4v) is 3.45. The van der Waals surface area contributed by atoms with Crippen LogP contribution in [0.5, 0.6) is 5.75 Å². The zero-order chi connectivity index (χ0) is 21.6. The normalized spacial score (nSPS) is 15.8. The van der Waals surface area contributed by atoms with E-state index in [4.69, 9.17) is 15.2 Å². The van der Waals surface area contributed by atoms with Crippen molar-refractivity contribution in [3.05, 3.63) is 102 Å². The number of β-lactam (4-membered cyclic amide) rings is 1. The Bertz CT molecular complexity index is 1030. The molecule has 166 valence electrons. The second kappa shape index (κ2) is 10.8. The maximum Gasteiger partial charge on any atom is 0.333 e. The molecule has 1 fully saturated rings. The number of hydrogen-bond donors (Lipinski definition) is 1. The van der Waals surface area contributed by atoms with Crippen LogP contribution >= 0.6 is 12.4 Å².